The molecule has 1 heterocycles. The normalized spacial score (nSPS) is 11.0. The molecule has 3 aromatic rings. The fraction of sp³-hybridized carbons (Fsp3) is 0. The van der Waals surface area contributed by atoms with E-state index in [0.717, 1.165) is 10.9 Å². The molecule has 4 N–H and O–H groups in total. The summed E-state index contributed by atoms with van der Waals surface area (Å²) in [6.45, 7) is 0. The van der Waals surface area contributed by atoms with E-state index in [0.29, 0.717) is 11.4 Å². The van der Waals surface area contributed by atoms with Gasteiger partial charge in [-0.3, -0.25) is 9.89 Å². The largest absolute Gasteiger partial charge is 0.508 e. The van der Waals surface area contributed by atoms with Crippen LogP contribution in [-0.2, 0) is 4.79 Å². The molecule has 3 rings (SSSR count). The Morgan fingerprint density at radius 3 is 2.92 bits per heavy atom. The van der Waals surface area contributed by atoms with Gasteiger partial charge < -0.3 is 15.7 Å². The Balaban J connectivity index is 1.73. The molecule has 0 fully saturated rings. The Morgan fingerprint density at radius 1 is 1.25 bits per heavy atom. The number of carbonyl (C=O) groups excluding carboxylic acids is 1. The molecule has 0 saturated heterocycles. The van der Waals surface area contributed by atoms with Gasteiger partial charge in [0, 0.05) is 29.0 Å². The number of aromatic amines is 1. The average molecular weight is 319 g/mol. The van der Waals surface area contributed by atoms with Crippen LogP contribution in [0.15, 0.2) is 60.4 Å². The minimum absolute atomic E-state index is 0.0290. The van der Waals surface area contributed by atoms with Gasteiger partial charge in [-0.25, -0.2) is 0 Å². The van der Waals surface area contributed by atoms with Crippen molar-refractivity contribution in [2.45, 2.75) is 0 Å². The first-order valence-corrected chi connectivity index (χ1v) is 7.06. The van der Waals surface area contributed by atoms with Gasteiger partial charge in [0.2, 0.25) is 0 Å². The number of nitriles is 1. The first kappa shape index (κ1) is 15.1. The van der Waals surface area contributed by atoms with Gasteiger partial charge in [-0.1, -0.05) is 6.07 Å². The number of aromatic hydroxyl groups is 1. The van der Waals surface area contributed by atoms with Crippen LogP contribution in [0.2, 0.25) is 0 Å². The second kappa shape index (κ2) is 6.54. The van der Waals surface area contributed by atoms with Crippen LogP contribution in [0.1, 0.15) is 0 Å². The summed E-state index contributed by atoms with van der Waals surface area (Å²) < 4.78 is 0. The predicted molar refractivity (Wildman–Crippen MR) is 90.1 cm³/mol. The fourth-order valence-electron chi connectivity index (χ4n) is 2.11. The summed E-state index contributed by atoms with van der Waals surface area (Å²) >= 11 is 0. The number of anilines is 2. The van der Waals surface area contributed by atoms with E-state index in [1.807, 2.05) is 24.3 Å². The number of rotatable bonds is 4. The van der Waals surface area contributed by atoms with Crippen LogP contribution in [0.4, 0.5) is 11.4 Å². The highest BCUT2D eigenvalue weighted by atomic mass is 16.3. The monoisotopic (exact) mass is 319 g/mol. The molecule has 118 valence electrons. The van der Waals surface area contributed by atoms with E-state index in [-0.39, 0.29) is 11.3 Å². The number of fused-ring (bicyclic) bond motifs is 1. The molecular weight excluding hydrogens is 306 g/mol. The van der Waals surface area contributed by atoms with Gasteiger partial charge in [0.15, 0.2) is 0 Å². The maximum Gasteiger partial charge on any atom is 0.267 e. The number of carbonyl (C=O) groups is 1. The zero-order chi connectivity index (χ0) is 16.9. The molecule has 0 unspecified atom stereocenters. The topological polar surface area (TPSA) is 114 Å². The number of H-pyrrole nitrogens is 1. The molecule has 0 radical (unpaired) electrons. The Morgan fingerprint density at radius 2 is 2.12 bits per heavy atom. The van der Waals surface area contributed by atoms with E-state index in [1.165, 1.54) is 18.3 Å². The summed E-state index contributed by atoms with van der Waals surface area (Å²) in [5.41, 5.74) is 1.86. The molecular formula is C17H13N5O2. The van der Waals surface area contributed by atoms with E-state index >= 15 is 0 Å². The molecule has 0 aliphatic carbocycles. The van der Waals surface area contributed by atoms with Crippen molar-refractivity contribution in [1.82, 2.24) is 10.2 Å². The van der Waals surface area contributed by atoms with Crippen LogP contribution in [-0.4, -0.2) is 21.2 Å². The third kappa shape index (κ3) is 3.34. The number of nitrogens with one attached hydrogen (secondary N) is 3. The molecule has 7 nitrogen and oxygen atoms in total. The molecule has 2 aromatic carbocycles. The van der Waals surface area contributed by atoms with Gasteiger partial charge in [-0.2, -0.15) is 10.4 Å². The summed E-state index contributed by atoms with van der Waals surface area (Å²) in [6.07, 6.45) is 3.04. The van der Waals surface area contributed by atoms with Crippen molar-refractivity contribution < 1.29 is 9.90 Å². The number of aromatic nitrogens is 2. The quantitative estimate of drug-likeness (QED) is 0.436. The molecule has 0 aliphatic heterocycles. The highest BCUT2D eigenvalue weighted by Gasteiger charge is 2.09. The molecule has 1 amide bonds. The van der Waals surface area contributed by atoms with Gasteiger partial charge >= 0.3 is 0 Å². The molecule has 0 saturated carbocycles. The standard InChI is InChI=1S/C17H13N5O2/c18-8-12(17(24)21-14-2-1-3-15(23)6-14)9-19-13-5-4-11-10-20-22-16(11)7-13/h1-7,9-10,19,23H,(H,20,22)(H,21,24)/b12-9-. The molecule has 1 aromatic heterocycles. The lowest BCUT2D eigenvalue weighted by molar-refractivity contribution is -0.112. The van der Waals surface area contributed by atoms with Crippen LogP contribution < -0.4 is 10.6 Å². The van der Waals surface area contributed by atoms with Crippen LogP contribution in [0.5, 0.6) is 5.75 Å². The third-order valence-corrected chi connectivity index (χ3v) is 3.29. The second-order valence-corrected chi connectivity index (χ2v) is 4.99. The van der Waals surface area contributed by atoms with Crippen molar-refractivity contribution in [1.29, 1.82) is 5.26 Å². The molecule has 0 spiro atoms. The number of hydrogen-bond donors (Lipinski definition) is 4. The Kier molecular flexibility index (Phi) is 4.12. The lowest BCUT2D eigenvalue weighted by atomic mass is 10.2. The number of hydrogen-bond acceptors (Lipinski definition) is 5. The van der Waals surface area contributed by atoms with Gasteiger partial charge in [0.25, 0.3) is 5.91 Å². The zero-order valence-electron chi connectivity index (χ0n) is 12.4. The molecule has 7 heteroatoms. The smallest absolute Gasteiger partial charge is 0.267 e. The summed E-state index contributed by atoms with van der Waals surface area (Å²) in [6, 6.07) is 13.4. The number of phenolic OH excluding ortho intramolecular Hbond substituents is 1. The first-order chi connectivity index (χ1) is 11.7. The summed E-state index contributed by atoms with van der Waals surface area (Å²) in [4.78, 5) is 12.1. The number of nitrogens with zero attached hydrogens (tertiary/aromatic N) is 2. The van der Waals surface area contributed by atoms with Crippen molar-refractivity contribution in [2.24, 2.45) is 0 Å². The van der Waals surface area contributed by atoms with E-state index in [4.69, 9.17) is 5.26 Å². The van der Waals surface area contributed by atoms with Crippen LogP contribution in [0.3, 0.4) is 0 Å². The maximum atomic E-state index is 12.1. The second-order valence-electron chi connectivity index (χ2n) is 4.99. The zero-order valence-corrected chi connectivity index (χ0v) is 12.4. The van der Waals surface area contributed by atoms with Gasteiger partial charge in [-0.05, 0) is 30.3 Å². The minimum Gasteiger partial charge on any atom is -0.508 e. The van der Waals surface area contributed by atoms with Gasteiger partial charge in [0.1, 0.15) is 17.4 Å². The van der Waals surface area contributed by atoms with Crippen LogP contribution in [0.25, 0.3) is 10.9 Å². The number of benzene rings is 2. The number of amides is 1. The van der Waals surface area contributed by atoms with E-state index in [9.17, 15) is 9.90 Å². The van der Waals surface area contributed by atoms with Crippen LogP contribution >= 0.6 is 0 Å². The van der Waals surface area contributed by atoms with E-state index in [1.54, 1.807) is 18.3 Å². The van der Waals surface area contributed by atoms with Crippen molar-refractivity contribution in [3.63, 3.8) is 0 Å². The van der Waals surface area contributed by atoms with Crippen molar-refractivity contribution in [3.05, 3.63) is 60.4 Å². The lowest BCUT2D eigenvalue weighted by Gasteiger charge is -2.05. The maximum absolute atomic E-state index is 12.1. The lowest BCUT2D eigenvalue weighted by Crippen LogP contribution is -2.14. The van der Waals surface area contributed by atoms with Crippen LogP contribution in [0, 0.1) is 11.3 Å². The predicted octanol–water partition coefficient (Wildman–Crippen LogP) is 2.73. The van der Waals surface area contributed by atoms with Crippen molar-refractivity contribution in [3.8, 4) is 11.8 Å². The number of phenols is 1. The van der Waals surface area contributed by atoms with Crippen molar-refractivity contribution in [2.75, 3.05) is 10.6 Å². The Hall–Kier alpha value is -3.79. The third-order valence-electron chi connectivity index (χ3n) is 3.29. The molecule has 0 aliphatic rings. The minimum atomic E-state index is -0.571. The van der Waals surface area contributed by atoms with E-state index < -0.39 is 5.91 Å². The SMILES string of the molecule is N#C/C(=C/Nc1ccc2cn[nH]c2c1)C(=O)Nc1cccc(O)c1. The van der Waals surface area contributed by atoms with Gasteiger partial charge in [-0.15, -0.1) is 0 Å². The molecule has 24 heavy (non-hydrogen) atoms. The van der Waals surface area contributed by atoms with Crippen molar-refractivity contribution >= 4 is 28.2 Å². The highest BCUT2D eigenvalue weighted by molar-refractivity contribution is 6.06. The average Bonchev–Trinajstić information content (AvgIpc) is 3.03. The van der Waals surface area contributed by atoms with Gasteiger partial charge in [0.05, 0.1) is 11.7 Å². The summed E-state index contributed by atoms with van der Waals surface area (Å²) in [5, 5.41) is 31.8. The molecule has 0 atom stereocenters. The Bertz CT molecular complexity index is 968. The summed E-state index contributed by atoms with van der Waals surface area (Å²) in [5.74, 6) is -0.542. The Labute approximate surface area is 137 Å². The molecule has 0 bridgehead atoms. The first-order valence-electron chi connectivity index (χ1n) is 7.06. The summed E-state index contributed by atoms with van der Waals surface area (Å²) in [7, 11) is 0. The van der Waals surface area contributed by atoms with E-state index in [2.05, 4.69) is 20.8 Å². The fourth-order valence-corrected chi connectivity index (χ4v) is 2.11. The highest BCUT2D eigenvalue weighted by Crippen LogP contribution is 2.18.